The minimum Gasteiger partial charge on any atom is -0.496 e. The zero-order valence-corrected chi connectivity index (χ0v) is 14.1. The van der Waals surface area contributed by atoms with Crippen LogP contribution in [0.5, 0.6) is 5.75 Å². The fourth-order valence-electron chi connectivity index (χ4n) is 1.80. The van der Waals surface area contributed by atoms with Crippen LogP contribution >= 0.6 is 12.4 Å². The lowest BCUT2D eigenvalue weighted by atomic mass is 10.1. The normalized spacial score (nSPS) is 12.9. The van der Waals surface area contributed by atoms with Crippen molar-refractivity contribution in [3.8, 4) is 5.75 Å². The number of likely N-dealkylation sites (N-methyl/N-ethyl adjacent to an activating group) is 1. The highest BCUT2D eigenvalue weighted by atomic mass is 35.5. The molecule has 0 fully saturated rings. The molecule has 1 aromatic rings. The quantitative estimate of drug-likeness (QED) is 0.895. The number of benzene rings is 1. The number of ether oxygens (including phenoxy) is 1. The molecule has 20 heavy (non-hydrogen) atoms. The number of hydrogen-bond acceptors (Lipinski definition) is 4. The van der Waals surface area contributed by atoms with Crippen molar-refractivity contribution in [1.82, 2.24) is 4.31 Å². The molecule has 0 saturated heterocycles. The summed E-state index contributed by atoms with van der Waals surface area (Å²) in [6.07, 6.45) is 0. The maximum Gasteiger partial charge on any atom is 0.243 e. The highest BCUT2D eigenvalue weighted by molar-refractivity contribution is 7.89. The number of aryl methyl sites for hydroxylation is 2. The Kier molecular flexibility index (Phi) is 6.97. The topological polar surface area (TPSA) is 72.6 Å². The van der Waals surface area contributed by atoms with E-state index in [1.165, 1.54) is 4.31 Å². The van der Waals surface area contributed by atoms with Crippen molar-refractivity contribution < 1.29 is 13.2 Å². The third-order valence-corrected chi connectivity index (χ3v) is 5.43. The van der Waals surface area contributed by atoms with Gasteiger partial charge in [-0.1, -0.05) is 0 Å². The number of nitrogens with zero attached hydrogens (tertiary/aromatic N) is 1. The van der Waals surface area contributed by atoms with E-state index in [-0.39, 0.29) is 25.0 Å². The summed E-state index contributed by atoms with van der Waals surface area (Å²) in [4.78, 5) is 0.300. The van der Waals surface area contributed by atoms with Crippen molar-refractivity contribution in [3.05, 3.63) is 23.3 Å². The third-order valence-electron chi connectivity index (χ3n) is 3.31. The minimum atomic E-state index is -3.53. The Morgan fingerprint density at radius 1 is 1.30 bits per heavy atom. The highest BCUT2D eigenvalue weighted by Crippen LogP contribution is 2.27. The van der Waals surface area contributed by atoms with Crippen molar-refractivity contribution in [3.63, 3.8) is 0 Å². The van der Waals surface area contributed by atoms with E-state index in [0.717, 1.165) is 5.56 Å². The molecule has 0 aliphatic rings. The second-order valence-corrected chi connectivity index (χ2v) is 6.66. The second-order valence-electron chi connectivity index (χ2n) is 4.69. The van der Waals surface area contributed by atoms with E-state index in [2.05, 4.69) is 0 Å². The van der Waals surface area contributed by atoms with Gasteiger partial charge in [-0.05, 0) is 44.0 Å². The first-order valence-electron chi connectivity index (χ1n) is 6.09. The van der Waals surface area contributed by atoms with Gasteiger partial charge in [0.25, 0.3) is 0 Å². The molecule has 1 aromatic carbocycles. The number of rotatable bonds is 5. The van der Waals surface area contributed by atoms with Gasteiger partial charge in [-0.3, -0.25) is 0 Å². The maximum atomic E-state index is 12.5. The smallest absolute Gasteiger partial charge is 0.243 e. The average Bonchev–Trinajstić information content (AvgIpc) is 2.38. The van der Waals surface area contributed by atoms with Crippen LogP contribution in [0.1, 0.15) is 18.1 Å². The van der Waals surface area contributed by atoms with Gasteiger partial charge in [-0.2, -0.15) is 4.31 Å². The summed E-state index contributed by atoms with van der Waals surface area (Å²) in [7, 11) is -0.415. The average molecular weight is 323 g/mol. The van der Waals surface area contributed by atoms with E-state index in [0.29, 0.717) is 16.2 Å². The van der Waals surface area contributed by atoms with Crippen LogP contribution in [0.25, 0.3) is 0 Å². The number of sulfonamides is 1. The summed E-state index contributed by atoms with van der Waals surface area (Å²) < 4.78 is 31.6. The van der Waals surface area contributed by atoms with Crippen LogP contribution in [-0.2, 0) is 10.0 Å². The number of hydrogen-bond donors (Lipinski definition) is 1. The van der Waals surface area contributed by atoms with Crippen LogP contribution in [0.2, 0.25) is 0 Å². The van der Waals surface area contributed by atoms with Crippen LogP contribution in [0, 0.1) is 13.8 Å². The lowest BCUT2D eigenvalue weighted by molar-refractivity contribution is 0.393. The summed E-state index contributed by atoms with van der Waals surface area (Å²) in [5.74, 6) is 0.686. The van der Waals surface area contributed by atoms with Crippen molar-refractivity contribution in [2.45, 2.75) is 31.7 Å². The molecule has 1 rings (SSSR count). The summed E-state index contributed by atoms with van der Waals surface area (Å²) in [6, 6.07) is 3.14. The Morgan fingerprint density at radius 3 is 2.30 bits per heavy atom. The van der Waals surface area contributed by atoms with Gasteiger partial charge in [-0.25, -0.2) is 8.42 Å². The predicted molar refractivity (Wildman–Crippen MR) is 83.2 cm³/mol. The molecule has 116 valence electrons. The molecular formula is C13H23ClN2O3S. The van der Waals surface area contributed by atoms with Crippen molar-refractivity contribution in [2.24, 2.45) is 5.73 Å². The molecule has 0 radical (unpaired) electrons. The Hall–Kier alpha value is -0.820. The Balaban J connectivity index is 0.00000361. The molecule has 7 heteroatoms. The summed E-state index contributed by atoms with van der Waals surface area (Å²) in [5.41, 5.74) is 6.99. The molecule has 0 spiro atoms. The molecule has 0 aromatic heterocycles. The van der Waals surface area contributed by atoms with Crippen molar-refractivity contribution in [1.29, 1.82) is 0 Å². The molecule has 0 saturated carbocycles. The number of halogens is 1. The summed E-state index contributed by atoms with van der Waals surface area (Å²) >= 11 is 0. The molecule has 2 N–H and O–H groups in total. The first-order chi connectivity index (χ1) is 8.75. The van der Waals surface area contributed by atoms with Crippen LogP contribution in [0.15, 0.2) is 17.0 Å². The zero-order chi connectivity index (χ0) is 14.8. The molecule has 0 bridgehead atoms. The molecule has 5 nitrogen and oxygen atoms in total. The first kappa shape index (κ1) is 19.2. The van der Waals surface area contributed by atoms with E-state index in [1.807, 2.05) is 6.92 Å². The minimum absolute atomic E-state index is 0. The Labute approximate surface area is 127 Å². The van der Waals surface area contributed by atoms with E-state index in [4.69, 9.17) is 10.5 Å². The van der Waals surface area contributed by atoms with Crippen LogP contribution in [0.4, 0.5) is 0 Å². The molecule has 0 aliphatic heterocycles. The van der Waals surface area contributed by atoms with Gasteiger partial charge >= 0.3 is 0 Å². The third kappa shape index (κ3) is 3.63. The number of methoxy groups -OCH3 is 1. The molecule has 1 unspecified atom stereocenters. The highest BCUT2D eigenvalue weighted by Gasteiger charge is 2.26. The molecular weight excluding hydrogens is 300 g/mol. The van der Waals surface area contributed by atoms with Crippen molar-refractivity contribution in [2.75, 3.05) is 20.7 Å². The molecule has 0 aliphatic carbocycles. The van der Waals surface area contributed by atoms with Gasteiger partial charge in [0.1, 0.15) is 5.75 Å². The lowest BCUT2D eigenvalue weighted by Crippen LogP contribution is -2.39. The lowest BCUT2D eigenvalue weighted by Gasteiger charge is -2.24. The number of nitrogens with two attached hydrogens (primary N) is 1. The van der Waals surface area contributed by atoms with Crippen LogP contribution in [0.3, 0.4) is 0 Å². The van der Waals surface area contributed by atoms with Gasteiger partial charge in [0.2, 0.25) is 10.0 Å². The van der Waals surface area contributed by atoms with E-state index in [1.54, 1.807) is 40.1 Å². The monoisotopic (exact) mass is 322 g/mol. The molecule has 0 heterocycles. The van der Waals surface area contributed by atoms with Crippen molar-refractivity contribution >= 4 is 22.4 Å². The Bertz CT molecular complexity index is 561. The zero-order valence-electron chi connectivity index (χ0n) is 12.5. The summed E-state index contributed by atoms with van der Waals surface area (Å²) in [5, 5.41) is 0. The largest absolute Gasteiger partial charge is 0.496 e. The van der Waals surface area contributed by atoms with Gasteiger partial charge in [0.15, 0.2) is 0 Å². The van der Waals surface area contributed by atoms with Crippen LogP contribution < -0.4 is 10.5 Å². The van der Waals surface area contributed by atoms with E-state index in [9.17, 15) is 8.42 Å². The van der Waals surface area contributed by atoms with Gasteiger partial charge in [0.05, 0.1) is 12.0 Å². The second kappa shape index (κ2) is 7.26. The van der Waals surface area contributed by atoms with Crippen LogP contribution in [-0.4, -0.2) is 39.5 Å². The first-order valence-corrected chi connectivity index (χ1v) is 7.53. The van der Waals surface area contributed by atoms with E-state index < -0.39 is 10.0 Å². The maximum absolute atomic E-state index is 12.5. The molecule has 1 atom stereocenters. The van der Waals surface area contributed by atoms with Gasteiger partial charge < -0.3 is 10.5 Å². The predicted octanol–water partition coefficient (Wildman–Crippen LogP) is 1.70. The SMILES string of the molecule is COc1cc(C)c(S(=O)(=O)N(C)C(C)CN)cc1C.Cl. The van der Waals surface area contributed by atoms with E-state index >= 15 is 0 Å². The fourth-order valence-corrected chi connectivity index (χ4v) is 3.46. The van der Waals surface area contributed by atoms with Gasteiger partial charge in [-0.15, -0.1) is 12.4 Å². The summed E-state index contributed by atoms with van der Waals surface area (Å²) in [6.45, 7) is 5.65. The molecule has 0 amide bonds. The van der Waals surface area contributed by atoms with Gasteiger partial charge in [0, 0.05) is 19.6 Å². The standard InChI is InChI=1S/C13H22N2O3S.ClH/c1-9-7-13(10(2)6-12(9)18-5)19(16,17)15(4)11(3)8-14;/h6-7,11H,8,14H2,1-5H3;1H. The fraction of sp³-hybridized carbons (Fsp3) is 0.538. The Morgan fingerprint density at radius 2 is 1.85 bits per heavy atom.